The molecule has 98 valence electrons. The highest BCUT2D eigenvalue weighted by Gasteiger charge is 2.08. The van der Waals surface area contributed by atoms with Crippen LogP contribution in [0.1, 0.15) is 56.0 Å². The van der Waals surface area contributed by atoms with Gasteiger partial charge in [0.05, 0.1) is 12.3 Å². The fraction of sp³-hybridized carbons (Fsp3) is 0.600. The Labute approximate surface area is 110 Å². The number of ether oxygens (including phenoxy) is 1. The summed E-state index contributed by atoms with van der Waals surface area (Å²) in [5.41, 5.74) is 2.21. The molecule has 1 heterocycles. The third-order valence-corrected chi connectivity index (χ3v) is 2.91. The maximum Gasteiger partial charge on any atom is 0.140 e. The van der Waals surface area contributed by atoms with Crippen LogP contribution in [0.15, 0.2) is 6.07 Å². The van der Waals surface area contributed by atoms with Crippen LogP contribution in [0.5, 0.6) is 5.75 Å². The average Bonchev–Trinajstić information content (AvgIpc) is 2.33. The molecule has 0 bridgehead atoms. The second kappa shape index (κ2) is 7.71. The third kappa shape index (κ3) is 4.37. The number of rotatable bonds is 7. The first-order valence-corrected chi connectivity index (χ1v) is 6.70. The fourth-order valence-corrected chi connectivity index (χ4v) is 1.93. The van der Waals surface area contributed by atoms with Crippen LogP contribution in [-0.2, 0) is 0 Å². The predicted molar refractivity (Wildman–Crippen MR) is 72.7 cm³/mol. The van der Waals surface area contributed by atoms with Crippen molar-refractivity contribution in [1.29, 1.82) is 5.26 Å². The monoisotopic (exact) mass is 246 g/mol. The first-order chi connectivity index (χ1) is 8.69. The molecule has 0 saturated carbocycles. The topological polar surface area (TPSA) is 45.9 Å². The molecule has 1 rings (SSSR count). The van der Waals surface area contributed by atoms with Crippen LogP contribution in [0.4, 0.5) is 0 Å². The van der Waals surface area contributed by atoms with Crippen molar-refractivity contribution in [3.63, 3.8) is 0 Å². The van der Waals surface area contributed by atoms with Crippen molar-refractivity contribution in [2.24, 2.45) is 0 Å². The molecule has 0 aliphatic carbocycles. The van der Waals surface area contributed by atoms with Gasteiger partial charge in [0.1, 0.15) is 17.4 Å². The van der Waals surface area contributed by atoms with Crippen LogP contribution in [0.2, 0.25) is 0 Å². The third-order valence-electron chi connectivity index (χ3n) is 2.91. The van der Waals surface area contributed by atoms with E-state index in [0.29, 0.717) is 17.9 Å². The summed E-state index contributed by atoms with van der Waals surface area (Å²) in [5.74, 6) is 0.679. The van der Waals surface area contributed by atoms with E-state index >= 15 is 0 Å². The van der Waals surface area contributed by atoms with E-state index in [0.717, 1.165) is 17.8 Å². The predicted octanol–water partition coefficient (Wildman–Crippen LogP) is 3.92. The lowest BCUT2D eigenvalue weighted by Crippen LogP contribution is -2.02. The smallest absolute Gasteiger partial charge is 0.140 e. The van der Waals surface area contributed by atoms with E-state index in [4.69, 9.17) is 10.00 Å². The van der Waals surface area contributed by atoms with Crippen LogP contribution in [0, 0.1) is 25.2 Å². The maximum absolute atomic E-state index is 9.09. The van der Waals surface area contributed by atoms with E-state index in [1.54, 1.807) is 0 Å². The van der Waals surface area contributed by atoms with Gasteiger partial charge in [-0.1, -0.05) is 32.6 Å². The van der Waals surface area contributed by atoms with Crippen LogP contribution in [0.25, 0.3) is 0 Å². The summed E-state index contributed by atoms with van der Waals surface area (Å²) in [5, 5.41) is 9.09. The molecule has 0 aliphatic rings. The van der Waals surface area contributed by atoms with Crippen molar-refractivity contribution in [2.75, 3.05) is 6.61 Å². The van der Waals surface area contributed by atoms with Gasteiger partial charge in [-0.25, -0.2) is 0 Å². The molecule has 0 spiro atoms. The SMILES string of the molecule is CCCCCCCOc1cc(C)nc(C)c1C#N. The van der Waals surface area contributed by atoms with E-state index < -0.39 is 0 Å². The number of nitriles is 1. The number of pyridine rings is 1. The highest BCUT2D eigenvalue weighted by atomic mass is 16.5. The number of hydrogen-bond donors (Lipinski definition) is 0. The van der Waals surface area contributed by atoms with E-state index in [-0.39, 0.29) is 0 Å². The normalized spacial score (nSPS) is 10.1. The first kappa shape index (κ1) is 14.5. The molecule has 0 aromatic carbocycles. The number of aryl methyl sites for hydroxylation is 2. The summed E-state index contributed by atoms with van der Waals surface area (Å²) in [4.78, 5) is 4.27. The second-order valence-electron chi connectivity index (χ2n) is 4.60. The Bertz CT molecular complexity index is 421. The number of unbranched alkanes of at least 4 members (excludes halogenated alkanes) is 4. The average molecular weight is 246 g/mol. The van der Waals surface area contributed by atoms with Crippen molar-refractivity contribution in [3.05, 3.63) is 23.0 Å². The standard InChI is InChI=1S/C15H22N2O/c1-4-5-6-7-8-9-18-15-10-12(2)17-13(3)14(15)11-16/h10H,4-9H2,1-3H3. The minimum absolute atomic E-state index is 0.564. The highest BCUT2D eigenvalue weighted by Crippen LogP contribution is 2.21. The molecule has 1 aromatic rings. The molecule has 0 unspecified atom stereocenters. The Kier molecular flexibility index (Phi) is 6.21. The molecule has 0 aliphatic heterocycles. The number of nitrogens with zero attached hydrogens (tertiary/aromatic N) is 2. The molecule has 0 fully saturated rings. The van der Waals surface area contributed by atoms with Crippen LogP contribution < -0.4 is 4.74 Å². The summed E-state index contributed by atoms with van der Waals surface area (Å²) in [6.07, 6.45) is 6.04. The lowest BCUT2D eigenvalue weighted by atomic mass is 10.1. The van der Waals surface area contributed by atoms with Gasteiger partial charge < -0.3 is 4.74 Å². The largest absolute Gasteiger partial charge is 0.492 e. The number of aromatic nitrogens is 1. The quantitative estimate of drug-likeness (QED) is 0.685. The van der Waals surface area contributed by atoms with Crippen molar-refractivity contribution in [3.8, 4) is 11.8 Å². The molecular formula is C15H22N2O. The Hall–Kier alpha value is -1.56. The zero-order valence-corrected chi connectivity index (χ0v) is 11.6. The van der Waals surface area contributed by atoms with Gasteiger partial charge in [-0.05, 0) is 20.3 Å². The summed E-state index contributed by atoms with van der Waals surface area (Å²) < 4.78 is 5.71. The molecule has 18 heavy (non-hydrogen) atoms. The van der Waals surface area contributed by atoms with E-state index in [1.165, 1.54) is 25.7 Å². The molecule has 0 N–H and O–H groups in total. The lowest BCUT2D eigenvalue weighted by molar-refractivity contribution is 0.303. The second-order valence-corrected chi connectivity index (χ2v) is 4.60. The van der Waals surface area contributed by atoms with Crippen molar-refractivity contribution < 1.29 is 4.74 Å². The van der Waals surface area contributed by atoms with E-state index in [2.05, 4.69) is 18.0 Å². The van der Waals surface area contributed by atoms with Crippen molar-refractivity contribution >= 4 is 0 Å². The van der Waals surface area contributed by atoms with Gasteiger partial charge in [0.25, 0.3) is 0 Å². The Morgan fingerprint density at radius 2 is 1.94 bits per heavy atom. The molecule has 3 heteroatoms. The van der Waals surface area contributed by atoms with Crippen LogP contribution in [-0.4, -0.2) is 11.6 Å². The van der Waals surface area contributed by atoms with Gasteiger partial charge in [0, 0.05) is 11.8 Å². The van der Waals surface area contributed by atoms with E-state index in [9.17, 15) is 0 Å². The summed E-state index contributed by atoms with van der Waals surface area (Å²) in [6.45, 7) is 6.65. The molecular weight excluding hydrogens is 224 g/mol. The summed E-state index contributed by atoms with van der Waals surface area (Å²) in [6, 6.07) is 4.01. The zero-order chi connectivity index (χ0) is 13.4. The van der Waals surface area contributed by atoms with Gasteiger partial charge >= 0.3 is 0 Å². The van der Waals surface area contributed by atoms with Crippen LogP contribution in [0.3, 0.4) is 0 Å². The Morgan fingerprint density at radius 1 is 1.22 bits per heavy atom. The molecule has 3 nitrogen and oxygen atoms in total. The van der Waals surface area contributed by atoms with Gasteiger partial charge in [0.15, 0.2) is 0 Å². The maximum atomic E-state index is 9.09. The first-order valence-electron chi connectivity index (χ1n) is 6.70. The zero-order valence-electron chi connectivity index (χ0n) is 11.6. The molecule has 1 aromatic heterocycles. The van der Waals surface area contributed by atoms with Gasteiger partial charge in [0.2, 0.25) is 0 Å². The molecule has 0 amide bonds. The highest BCUT2D eigenvalue weighted by molar-refractivity contribution is 5.46. The fourth-order valence-electron chi connectivity index (χ4n) is 1.93. The van der Waals surface area contributed by atoms with E-state index in [1.807, 2.05) is 19.9 Å². The van der Waals surface area contributed by atoms with Gasteiger partial charge in [-0.2, -0.15) is 5.26 Å². The van der Waals surface area contributed by atoms with Gasteiger partial charge in [-0.3, -0.25) is 4.98 Å². The molecule has 0 atom stereocenters. The lowest BCUT2D eigenvalue weighted by Gasteiger charge is -2.10. The van der Waals surface area contributed by atoms with Crippen LogP contribution >= 0.6 is 0 Å². The molecule has 0 radical (unpaired) electrons. The summed E-state index contributed by atoms with van der Waals surface area (Å²) >= 11 is 0. The minimum Gasteiger partial charge on any atom is -0.492 e. The minimum atomic E-state index is 0.564. The van der Waals surface area contributed by atoms with Gasteiger partial charge in [-0.15, -0.1) is 0 Å². The number of hydrogen-bond acceptors (Lipinski definition) is 3. The van der Waals surface area contributed by atoms with Crippen molar-refractivity contribution in [1.82, 2.24) is 4.98 Å². The Morgan fingerprint density at radius 3 is 2.61 bits per heavy atom. The Balaban J connectivity index is 2.49. The van der Waals surface area contributed by atoms with Crippen molar-refractivity contribution in [2.45, 2.75) is 52.9 Å². The summed E-state index contributed by atoms with van der Waals surface area (Å²) in [7, 11) is 0. The molecule has 0 saturated heterocycles.